The molecule has 0 radical (unpaired) electrons. The summed E-state index contributed by atoms with van der Waals surface area (Å²) >= 11 is 0. The molecule has 2 aliphatic heterocycles. The van der Waals surface area contributed by atoms with Crippen molar-refractivity contribution in [3.05, 3.63) is 12.2 Å². The quantitative estimate of drug-likeness (QED) is 0.278. The molecule has 4 atom stereocenters. The Balaban J connectivity index is 1.69. The number of aldehydes is 1. The Morgan fingerprint density at radius 1 is 1.25 bits per heavy atom. The maximum absolute atomic E-state index is 11.4. The first kappa shape index (κ1) is 19.1. The van der Waals surface area contributed by atoms with Gasteiger partial charge in [-0.25, -0.2) is 0 Å². The fourth-order valence-corrected chi connectivity index (χ4v) is 3.04. The predicted molar refractivity (Wildman–Crippen MR) is 87.4 cm³/mol. The molecular formula is C18H28O6. The highest BCUT2D eigenvalue weighted by Crippen LogP contribution is 2.28. The molecule has 0 spiro atoms. The van der Waals surface area contributed by atoms with E-state index in [2.05, 4.69) is 4.74 Å². The van der Waals surface area contributed by atoms with Crippen molar-refractivity contribution in [1.29, 1.82) is 0 Å². The van der Waals surface area contributed by atoms with E-state index in [1.54, 1.807) is 0 Å². The highest BCUT2D eigenvalue weighted by molar-refractivity contribution is 5.69. The van der Waals surface area contributed by atoms with Crippen molar-refractivity contribution in [2.75, 3.05) is 20.3 Å². The molecule has 0 aliphatic carbocycles. The Hall–Kier alpha value is -1.24. The van der Waals surface area contributed by atoms with Gasteiger partial charge in [-0.05, 0) is 38.5 Å². The van der Waals surface area contributed by atoms with E-state index in [-0.39, 0.29) is 30.4 Å². The molecule has 0 N–H and O–H groups in total. The Kier molecular flexibility index (Phi) is 8.42. The zero-order chi connectivity index (χ0) is 17.2. The van der Waals surface area contributed by atoms with Crippen molar-refractivity contribution in [3.8, 4) is 0 Å². The summed E-state index contributed by atoms with van der Waals surface area (Å²) in [6.45, 7) is 1.16. The third-order valence-corrected chi connectivity index (χ3v) is 4.47. The Labute approximate surface area is 143 Å². The van der Waals surface area contributed by atoms with Gasteiger partial charge in [0, 0.05) is 13.0 Å². The minimum absolute atomic E-state index is 0.145. The van der Waals surface area contributed by atoms with Crippen molar-refractivity contribution in [3.63, 3.8) is 0 Å². The van der Waals surface area contributed by atoms with Crippen LogP contribution in [0.2, 0.25) is 0 Å². The average molecular weight is 340 g/mol. The fourth-order valence-electron chi connectivity index (χ4n) is 3.04. The highest BCUT2D eigenvalue weighted by Gasteiger charge is 2.38. The molecule has 0 aromatic rings. The number of allylic oxidation sites excluding steroid dienone is 1. The van der Waals surface area contributed by atoms with Crippen LogP contribution in [0.4, 0.5) is 0 Å². The molecule has 2 saturated heterocycles. The SMILES string of the molecule is COC(=O)CCCC=CC[C@H]1OC[C@@H](OC2CCCCO2)[C@@H]1C=O. The summed E-state index contributed by atoms with van der Waals surface area (Å²) in [5.74, 6) is -0.441. The van der Waals surface area contributed by atoms with Gasteiger partial charge in [-0.15, -0.1) is 0 Å². The fraction of sp³-hybridized carbons (Fsp3) is 0.778. The third-order valence-electron chi connectivity index (χ3n) is 4.47. The molecule has 1 unspecified atom stereocenters. The Morgan fingerprint density at radius 2 is 2.12 bits per heavy atom. The van der Waals surface area contributed by atoms with Crippen LogP contribution in [0.1, 0.15) is 44.9 Å². The van der Waals surface area contributed by atoms with Gasteiger partial charge in [0.15, 0.2) is 6.29 Å². The van der Waals surface area contributed by atoms with E-state index in [0.29, 0.717) is 19.4 Å². The predicted octanol–water partition coefficient (Wildman–Crippen LogP) is 2.40. The van der Waals surface area contributed by atoms with Crippen molar-refractivity contribution in [2.45, 2.75) is 63.4 Å². The number of carbonyl (C=O) groups excluding carboxylic acids is 2. The number of hydrogen-bond acceptors (Lipinski definition) is 6. The molecule has 2 aliphatic rings. The summed E-state index contributed by atoms with van der Waals surface area (Å²) in [6, 6.07) is 0. The largest absolute Gasteiger partial charge is 0.469 e. The van der Waals surface area contributed by atoms with Crippen LogP contribution in [0.15, 0.2) is 12.2 Å². The lowest BCUT2D eigenvalue weighted by Gasteiger charge is -2.27. The minimum Gasteiger partial charge on any atom is -0.469 e. The summed E-state index contributed by atoms with van der Waals surface area (Å²) < 4.78 is 21.8. The molecule has 0 amide bonds. The molecule has 0 aromatic carbocycles. The Bertz CT molecular complexity index is 416. The van der Waals surface area contributed by atoms with Gasteiger partial charge in [0.1, 0.15) is 6.29 Å². The average Bonchev–Trinajstić information content (AvgIpc) is 3.00. The second-order valence-electron chi connectivity index (χ2n) is 6.23. The molecular weight excluding hydrogens is 312 g/mol. The van der Waals surface area contributed by atoms with Crippen LogP contribution < -0.4 is 0 Å². The number of carbonyl (C=O) groups is 2. The monoisotopic (exact) mass is 340 g/mol. The van der Waals surface area contributed by atoms with E-state index in [1.165, 1.54) is 7.11 Å². The van der Waals surface area contributed by atoms with Crippen LogP contribution in [0.5, 0.6) is 0 Å². The molecule has 2 rings (SSSR count). The number of esters is 1. The van der Waals surface area contributed by atoms with E-state index >= 15 is 0 Å². The van der Waals surface area contributed by atoms with Gasteiger partial charge in [-0.3, -0.25) is 4.79 Å². The van der Waals surface area contributed by atoms with E-state index in [1.807, 2.05) is 12.2 Å². The maximum Gasteiger partial charge on any atom is 0.305 e. The molecule has 0 bridgehead atoms. The van der Waals surface area contributed by atoms with E-state index in [9.17, 15) is 9.59 Å². The first-order valence-corrected chi connectivity index (χ1v) is 8.80. The van der Waals surface area contributed by atoms with Crippen LogP contribution >= 0.6 is 0 Å². The van der Waals surface area contributed by atoms with Gasteiger partial charge in [0.25, 0.3) is 0 Å². The number of methoxy groups -OCH3 is 1. The number of ether oxygens (including phenoxy) is 4. The molecule has 24 heavy (non-hydrogen) atoms. The van der Waals surface area contributed by atoms with Crippen LogP contribution in [-0.2, 0) is 28.5 Å². The van der Waals surface area contributed by atoms with Crippen LogP contribution in [0.3, 0.4) is 0 Å². The number of rotatable bonds is 9. The first-order valence-electron chi connectivity index (χ1n) is 8.80. The minimum atomic E-state index is -0.254. The molecule has 6 heteroatoms. The zero-order valence-corrected chi connectivity index (χ0v) is 14.4. The summed E-state index contributed by atoms with van der Waals surface area (Å²) in [4.78, 5) is 22.4. The van der Waals surface area contributed by atoms with Crippen molar-refractivity contribution < 1.29 is 28.5 Å². The zero-order valence-electron chi connectivity index (χ0n) is 14.4. The first-order chi connectivity index (χ1) is 11.7. The number of hydrogen-bond donors (Lipinski definition) is 0. The molecule has 2 heterocycles. The molecule has 6 nitrogen and oxygen atoms in total. The summed E-state index contributed by atoms with van der Waals surface area (Å²) in [6.07, 6.45) is 10.1. The smallest absolute Gasteiger partial charge is 0.305 e. The third kappa shape index (κ3) is 6.00. The molecule has 136 valence electrons. The molecule has 0 saturated carbocycles. The van der Waals surface area contributed by atoms with Crippen LogP contribution in [0, 0.1) is 5.92 Å². The van der Waals surface area contributed by atoms with E-state index in [4.69, 9.17) is 14.2 Å². The lowest BCUT2D eigenvalue weighted by Crippen LogP contribution is -2.34. The molecule has 0 aromatic heterocycles. The summed E-state index contributed by atoms with van der Waals surface area (Å²) in [5, 5.41) is 0. The second-order valence-corrected chi connectivity index (χ2v) is 6.23. The van der Waals surface area contributed by atoms with Gasteiger partial charge < -0.3 is 23.7 Å². The Morgan fingerprint density at radius 3 is 2.83 bits per heavy atom. The topological polar surface area (TPSA) is 71.1 Å². The lowest BCUT2D eigenvalue weighted by molar-refractivity contribution is -0.192. The number of unbranched alkanes of at least 4 members (excludes halogenated alkanes) is 1. The highest BCUT2D eigenvalue weighted by atomic mass is 16.7. The van der Waals surface area contributed by atoms with Crippen LogP contribution in [0.25, 0.3) is 0 Å². The van der Waals surface area contributed by atoms with E-state index in [0.717, 1.165) is 45.0 Å². The van der Waals surface area contributed by atoms with Gasteiger partial charge in [0.2, 0.25) is 0 Å². The standard InChI is InChI=1S/C18H28O6/c1-21-17(20)9-5-3-2-4-8-15-14(12-19)16(13-23-15)24-18-10-6-7-11-22-18/h2,4,12,14-16,18H,3,5-11,13H2,1H3/t14-,15-,16-,18?/m1/s1. The lowest BCUT2D eigenvalue weighted by atomic mass is 9.98. The van der Waals surface area contributed by atoms with Crippen molar-refractivity contribution >= 4 is 12.3 Å². The normalized spacial score (nSPS) is 30.5. The van der Waals surface area contributed by atoms with Gasteiger partial charge in [-0.1, -0.05) is 12.2 Å². The summed E-state index contributed by atoms with van der Waals surface area (Å²) in [7, 11) is 1.39. The van der Waals surface area contributed by atoms with Crippen molar-refractivity contribution in [1.82, 2.24) is 0 Å². The summed E-state index contributed by atoms with van der Waals surface area (Å²) in [5.41, 5.74) is 0. The molecule has 2 fully saturated rings. The second kappa shape index (κ2) is 10.6. The van der Waals surface area contributed by atoms with Crippen molar-refractivity contribution in [2.24, 2.45) is 5.92 Å². The van der Waals surface area contributed by atoms with Crippen LogP contribution in [-0.4, -0.2) is 51.1 Å². The van der Waals surface area contributed by atoms with E-state index < -0.39 is 0 Å². The van der Waals surface area contributed by atoms with Gasteiger partial charge >= 0.3 is 5.97 Å². The van der Waals surface area contributed by atoms with Gasteiger partial charge in [-0.2, -0.15) is 0 Å². The van der Waals surface area contributed by atoms with Gasteiger partial charge in [0.05, 0.1) is 31.8 Å². The maximum atomic E-state index is 11.4.